The fraction of sp³-hybridized carbons (Fsp3) is 1.00. The Hall–Kier alpha value is -0.170. The zero-order valence-corrected chi connectivity index (χ0v) is 6.47. The molecule has 1 atom stereocenters. The smallest absolute Gasteiger partial charge is 0.330 e. The van der Waals surface area contributed by atoms with Crippen molar-refractivity contribution in [1.82, 2.24) is 0 Å². The molecule has 1 unspecified atom stereocenters. The van der Waals surface area contributed by atoms with Gasteiger partial charge in [-0.1, -0.05) is 0 Å². The Bertz CT molecular complexity index is 176. The van der Waals surface area contributed by atoms with Gasteiger partial charge in [-0.25, -0.2) is 4.18 Å². The maximum absolute atomic E-state index is 10.0. The molecule has 0 aliphatic rings. The molecule has 0 aliphatic carbocycles. The fourth-order valence-electron chi connectivity index (χ4n) is 0.490. The lowest BCUT2D eigenvalue weighted by atomic mass is 10.3. The summed E-state index contributed by atoms with van der Waals surface area (Å²) in [7, 11) is -4.30. The number of rotatable bonds is 4. The molecule has 0 amide bonds. The van der Waals surface area contributed by atoms with Gasteiger partial charge in [0.25, 0.3) is 0 Å². The topological polar surface area (TPSA) is 89.6 Å². The molecule has 0 aromatic rings. The highest BCUT2D eigenvalue weighted by Gasteiger charge is 2.10. The van der Waals surface area contributed by atoms with Crippen LogP contribution in [0.1, 0.15) is 13.3 Å². The van der Waals surface area contributed by atoms with Gasteiger partial charge >= 0.3 is 10.4 Å². The van der Waals surface area contributed by atoms with Crippen molar-refractivity contribution in [3.05, 3.63) is 0 Å². The molecular formula is C4H11NO4S. The maximum Gasteiger partial charge on any atom is 0.397 e. The van der Waals surface area contributed by atoms with Gasteiger partial charge in [0.2, 0.25) is 0 Å². The van der Waals surface area contributed by atoms with Crippen molar-refractivity contribution in [2.75, 3.05) is 6.54 Å². The molecule has 3 N–H and O–H groups in total. The Morgan fingerprint density at radius 2 is 2.20 bits per heavy atom. The van der Waals surface area contributed by atoms with Crippen molar-refractivity contribution in [3.63, 3.8) is 0 Å². The Labute approximate surface area is 60.1 Å². The molecule has 62 valence electrons. The minimum atomic E-state index is -4.30. The van der Waals surface area contributed by atoms with Gasteiger partial charge in [0.1, 0.15) is 0 Å². The van der Waals surface area contributed by atoms with Gasteiger partial charge in [-0.15, -0.1) is 0 Å². The SMILES string of the molecule is CC(CCN)OS(=O)(=O)O. The molecule has 0 aromatic carbocycles. The molecule has 6 heteroatoms. The van der Waals surface area contributed by atoms with Crippen LogP contribution in [0.2, 0.25) is 0 Å². The summed E-state index contributed by atoms with van der Waals surface area (Å²) in [6, 6.07) is 0. The van der Waals surface area contributed by atoms with Crippen LogP contribution in [0, 0.1) is 0 Å². The second-order valence-electron chi connectivity index (χ2n) is 1.91. The molecular weight excluding hydrogens is 158 g/mol. The molecule has 0 aromatic heterocycles. The lowest BCUT2D eigenvalue weighted by Gasteiger charge is -2.06. The monoisotopic (exact) mass is 169 g/mol. The molecule has 5 nitrogen and oxygen atoms in total. The van der Waals surface area contributed by atoms with Crippen LogP contribution in [0.15, 0.2) is 0 Å². The maximum atomic E-state index is 10.0. The highest BCUT2D eigenvalue weighted by molar-refractivity contribution is 7.80. The van der Waals surface area contributed by atoms with E-state index in [2.05, 4.69) is 4.18 Å². The molecule has 10 heavy (non-hydrogen) atoms. The van der Waals surface area contributed by atoms with E-state index in [9.17, 15) is 8.42 Å². The summed E-state index contributed by atoms with van der Waals surface area (Å²) in [5, 5.41) is 0. The van der Waals surface area contributed by atoms with Gasteiger partial charge in [-0.05, 0) is 19.9 Å². The van der Waals surface area contributed by atoms with E-state index < -0.39 is 16.5 Å². The summed E-state index contributed by atoms with van der Waals surface area (Å²) in [6.07, 6.45) is -0.153. The van der Waals surface area contributed by atoms with Crippen molar-refractivity contribution >= 4 is 10.4 Å². The minimum Gasteiger partial charge on any atom is -0.330 e. The van der Waals surface area contributed by atoms with Gasteiger partial charge in [0.15, 0.2) is 0 Å². The number of hydrogen-bond acceptors (Lipinski definition) is 4. The molecule has 0 saturated carbocycles. The average Bonchev–Trinajstić information content (AvgIpc) is 1.59. The Morgan fingerprint density at radius 3 is 2.50 bits per heavy atom. The first kappa shape index (κ1) is 9.83. The van der Waals surface area contributed by atoms with Gasteiger partial charge in [-0.3, -0.25) is 4.55 Å². The standard InChI is InChI=1S/C4H11NO4S/c1-4(2-3-5)9-10(6,7)8/h4H,2-3,5H2,1H3,(H,6,7,8). The van der Waals surface area contributed by atoms with Crippen molar-refractivity contribution in [1.29, 1.82) is 0 Å². The highest BCUT2D eigenvalue weighted by atomic mass is 32.3. The van der Waals surface area contributed by atoms with E-state index in [1.165, 1.54) is 6.92 Å². The third-order valence-electron chi connectivity index (χ3n) is 0.859. The van der Waals surface area contributed by atoms with E-state index in [4.69, 9.17) is 10.3 Å². The molecule has 0 bridgehead atoms. The summed E-state index contributed by atoms with van der Waals surface area (Å²) in [4.78, 5) is 0. The quantitative estimate of drug-likeness (QED) is 0.556. The lowest BCUT2D eigenvalue weighted by molar-refractivity contribution is 0.191. The van der Waals surface area contributed by atoms with Crippen LogP contribution in [0.4, 0.5) is 0 Å². The van der Waals surface area contributed by atoms with Crippen LogP contribution in [-0.4, -0.2) is 25.6 Å². The van der Waals surface area contributed by atoms with Crippen LogP contribution >= 0.6 is 0 Å². The molecule has 0 aliphatic heterocycles. The average molecular weight is 169 g/mol. The van der Waals surface area contributed by atoms with Crippen LogP contribution in [-0.2, 0) is 14.6 Å². The van der Waals surface area contributed by atoms with Crippen molar-refractivity contribution in [2.45, 2.75) is 19.4 Å². The van der Waals surface area contributed by atoms with Gasteiger partial charge in [0.05, 0.1) is 6.10 Å². The van der Waals surface area contributed by atoms with Crippen LogP contribution in [0.25, 0.3) is 0 Å². The number of hydrogen-bond donors (Lipinski definition) is 2. The van der Waals surface area contributed by atoms with Crippen LogP contribution < -0.4 is 5.73 Å². The molecule has 0 heterocycles. The predicted molar refractivity (Wildman–Crippen MR) is 35.8 cm³/mol. The summed E-state index contributed by atoms with van der Waals surface area (Å²) in [5.41, 5.74) is 5.09. The van der Waals surface area contributed by atoms with Crippen molar-refractivity contribution in [3.8, 4) is 0 Å². The van der Waals surface area contributed by atoms with E-state index in [0.717, 1.165) is 0 Å². The van der Waals surface area contributed by atoms with E-state index in [1.54, 1.807) is 0 Å². The Balaban J connectivity index is 3.69. The van der Waals surface area contributed by atoms with Gasteiger partial charge in [-0.2, -0.15) is 8.42 Å². The summed E-state index contributed by atoms with van der Waals surface area (Å²) in [6.45, 7) is 1.84. The summed E-state index contributed by atoms with van der Waals surface area (Å²) < 4.78 is 32.3. The largest absolute Gasteiger partial charge is 0.397 e. The zero-order chi connectivity index (χ0) is 8.20. The molecule has 0 radical (unpaired) electrons. The molecule has 0 saturated heterocycles. The Morgan fingerprint density at radius 1 is 1.70 bits per heavy atom. The molecule has 0 rings (SSSR count). The third-order valence-corrected chi connectivity index (χ3v) is 1.43. The van der Waals surface area contributed by atoms with Crippen LogP contribution in [0.3, 0.4) is 0 Å². The van der Waals surface area contributed by atoms with Gasteiger partial charge in [0, 0.05) is 0 Å². The van der Waals surface area contributed by atoms with Gasteiger partial charge < -0.3 is 5.73 Å². The second-order valence-corrected chi connectivity index (χ2v) is 2.96. The predicted octanol–water partition coefficient (Wildman–Crippen LogP) is -0.457. The zero-order valence-electron chi connectivity index (χ0n) is 5.65. The van der Waals surface area contributed by atoms with Crippen molar-refractivity contribution < 1.29 is 17.2 Å². The molecule has 0 spiro atoms. The second kappa shape index (κ2) is 3.87. The highest BCUT2D eigenvalue weighted by Crippen LogP contribution is 1.99. The van der Waals surface area contributed by atoms with E-state index in [0.29, 0.717) is 13.0 Å². The van der Waals surface area contributed by atoms with E-state index in [1.807, 2.05) is 0 Å². The number of nitrogens with two attached hydrogens (primary N) is 1. The Kier molecular flexibility index (Phi) is 3.80. The third kappa shape index (κ3) is 5.96. The summed E-state index contributed by atoms with van der Waals surface area (Å²) >= 11 is 0. The summed E-state index contributed by atoms with van der Waals surface area (Å²) in [5.74, 6) is 0. The van der Waals surface area contributed by atoms with E-state index >= 15 is 0 Å². The molecule has 0 fully saturated rings. The lowest BCUT2D eigenvalue weighted by Crippen LogP contribution is -2.17. The first-order valence-corrected chi connectivity index (χ1v) is 4.18. The van der Waals surface area contributed by atoms with E-state index in [-0.39, 0.29) is 0 Å². The normalized spacial score (nSPS) is 15.1. The van der Waals surface area contributed by atoms with Crippen molar-refractivity contribution in [2.24, 2.45) is 5.73 Å². The van der Waals surface area contributed by atoms with Crippen LogP contribution in [0.5, 0.6) is 0 Å². The minimum absolute atomic E-state index is 0.330. The first-order valence-electron chi connectivity index (χ1n) is 2.81. The fourth-order valence-corrected chi connectivity index (χ4v) is 1.00. The first-order chi connectivity index (χ1) is 4.45.